The molecule has 0 unspecified atom stereocenters. The number of nitrogens with one attached hydrogen (secondary N) is 1. The van der Waals surface area contributed by atoms with Gasteiger partial charge in [-0.2, -0.15) is 0 Å². The van der Waals surface area contributed by atoms with Gasteiger partial charge in [-0.3, -0.25) is 9.69 Å². The summed E-state index contributed by atoms with van der Waals surface area (Å²) in [4.78, 5) is 15.0. The average molecular weight is 332 g/mol. The van der Waals surface area contributed by atoms with Crippen molar-refractivity contribution in [1.82, 2.24) is 10.2 Å². The van der Waals surface area contributed by atoms with Crippen molar-refractivity contribution >= 4 is 5.91 Å². The molecule has 1 saturated heterocycles. The maximum atomic E-state index is 13.7. The molecule has 1 saturated carbocycles. The molecule has 0 aromatic heterocycles. The van der Waals surface area contributed by atoms with E-state index in [0.29, 0.717) is 19.2 Å². The minimum atomic E-state index is -0.249. The Kier molecular flexibility index (Phi) is 4.21. The van der Waals surface area contributed by atoms with Crippen LogP contribution in [0, 0.1) is 17.7 Å². The molecule has 1 amide bonds. The zero-order chi connectivity index (χ0) is 16.7. The number of amides is 1. The Balaban J connectivity index is 1.52. The summed E-state index contributed by atoms with van der Waals surface area (Å²) in [6.45, 7) is 1.23. The van der Waals surface area contributed by atoms with Gasteiger partial charge < -0.3 is 10.1 Å². The van der Waals surface area contributed by atoms with E-state index in [1.807, 2.05) is 7.05 Å². The zero-order valence-corrected chi connectivity index (χ0v) is 14.1. The maximum absolute atomic E-state index is 13.7. The minimum Gasteiger partial charge on any atom is -0.493 e. The van der Waals surface area contributed by atoms with E-state index >= 15 is 0 Å². The highest BCUT2D eigenvalue weighted by molar-refractivity contribution is 5.80. The molecule has 2 fully saturated rings. The molecule has 2 aliphatic heterocycles. The quantitative estimate of drug-likeness (QED) is 0.905. The van der Waals surface area contributed by atoms with Crippen molar-refractivity contribution in [3.05, 3.63) is 29.6 Å². The van der Waals surface area contributed by atoms with Crippen LogP contribution in [0.25, 0.3) is 0 Å². The van der Waals surface area contributed by atoms with Gasteiger partial charge in [0.2, 0.25) is 5.91 Å². The molecule has 2 heterocycles. The number of nitrogens with zero attached hydrogens (tertiary/aromatic N) is 1. The monoisotopic (exact) mass is 332 g/mol. The molecule has 24 heavy (non-hydrogen) atoms. The molecular weight excluding hydrogens is 307 g/mol. The lowest BCUT2D eigenvalue weighted by Crippen LogP contribution is -2.43. The van der Waals surface area contributed by atoms with E-state index in [-0.39, 0.29) is 29.6 Å². The largest absolute Gasteiger partial charge is 0.493 e. The first-order chi connectivity index (χ1) is 11.6. The van der Waals surface area contributed by atoms with Gasteiger partial charge in [0, 0.05) is 30.1 Å². The van der Waals surface area contributed by atoms with Crippen LogP contribution in [0.2, 0.25) is 0 Å². The Morgan fingerprint density at radius 3 is 2.88 bits per heavy atom. The molecule has 0 bridgehead atoms. The minimum absolute atomic E-state index is 0.0616. The van der Waals surface area contributed by atoms with Crippen molar-refractivity contribution in [3.63, 3.8) is 0 Å². The van der Waals surface area contributed by atoms with E-state index in [9.17, 15) is 9.18 Å². The summed E-state index contributed by atoms with van der Waals surface area (Å²) in [6, 6.07) is 5.08. The lowest BCUT2D eigenvalue weighted by molar-refractivity contribution is -0.127. The highest BCUT2D eigenvalue weighted by atomic mass is 19.1. The number of halogens is 1. The second-order valence-electron chi connectivity index (χ2n) is 7.49. The van der Waals surface area contributed by atoms with E-state index in [4.69, 9.17) is 4.74 Å². The predicted molar refractivity (Wildman–Crippen MR) is 89.3 cm³/mol. The van der Waals surface area contributed by atoms with E-state index < -0.39 is 0 Å². The molecule has 130 valence electrons. The third kappa shape index (κ3) is 2.79. The van der Waals surface area contributed by atoms with Crippen molar-refractivity contribution in [1.29, 1.82) is 0 Å². The van der Waals surface area contributed by atoms with Gasteiger partial charge in [-0.1, -0.05) is 19.3 Å². The summed E-state index contributed by atoms with van der Waals surface area (Å²) < 4.78 is 19.5. The molecular formula is C19H25FN2O2. The maximum Gasteiger partial charge on any atom is 0.225 e. The number of hydrogen-bond acceptors (Lipinski definition) is 3. The van der Waals surface area contributed by atoms with Crippen LogP contribution in [0.4, 0.5) is 4.39 Å². The van der Waals surface area contributed by atoms with Crippen LogP contribution in [0.3, 0.4) is 0 Å². The number of hydrogen-bond donors (Lipinski definition) is 1. The smallest absolute Gasteiger partial charge is 0.225 e. The summed E-state index contributed by atoms with van der Waals surface area (Å²) in [7, 11) is 2.02. The Morgan fingerprint density at radius 1 is 1.29 bits per heavy atom. The first kappa shape index (κ1) is 15.9. The van der Waals surface area contributed by atoms with Gasteiger partial charge in [-0.05, 0) is 38.1 Å². The van der Waals surface area contributed by atoms with Gasteiger partial charge in [-0.25, -0.2) is 4.39 Å². The van der Waals surface area contributed by atoms with Crippen LogP contribution in [-0.2, 0) is 4.79 Å². The van der Waals surface area contributed by atoms with Gasteiger partial charge in [0.25, 0.3) is 0 Å². The summed E-state index contributed by atoms with van der Waals surface area (Å²) in [5, 5.41) is 3.25. The lowest BCUT2D eigenvalue weighted by Gasteiger charge is -2.33. The normalized spacial score (nSPS) is 30.3. The van der Waals surface area contributed by atoms with Crippen molar-refractivity contribution in [2.75, 3.05) is 20.2 Å². The number of likely N-dealkylation sites (tertiary alicyclic amines) is 1. The molecule has 3 atom stereocenters. The summed E-state index contributed by atoms with van der Waals surface area (Å²) in [5.41, 5.74) is 0.877. The van der Waals surface area contributed by atoms with E-state index in [1.165, 1.54) is 25.3 Å². The summed E-state index contributed by atoms with van der Waals surface area (Å²) >= 11 is 0. The van der Waals surface area contributed by atoms with Gasteiger partial charge >= 0.3 is 0 Å². The first-order valence-corrected chi connectivity index (χ1v) is 9.06. The zero-order valence-electron chi connectivity index (χ0n) is 14.1. The highest BCUT2D eigenvalue weighted by Crippen LogP contribution is 2.46. The Morgan fingerprint density at radius 2 is 2.08 bits per heavy atom. The number of ether oxygens (including phenoxy) is 1. The third-order valence-corrected chi connectivity index (χ3v) is 5.89. The fraction of sp³-hybridized carbons (Fsp3) is 0.632. The van der Waals surface area contributed by atoms with Gasteiger partial charge in [0.15, 0.2) is 0 Å². The van der Waals surface area contributed by atoms with Crippen molar-refractivity contribution in [3.8, 4) is 5.75 Å². The van der Waals surface area contributed by atoms with Crippen LogP contribution in [-0.4, -0.2) is 37.0 Å². The van der Waals surface area contributed by atoms with Crippen molar-refractivity contribution in [2.24, 2.45) is 11.8 Å². The number of fused-ring (bicyclic) bond motifs is 3. The molecule has 1 aliphatic carbocycles. The topological polar surface area (TPSA) is 41.6 Å². The lowest BCUT2D eigenvalue weighted by atomic mass is 9.84. The van der Waals surface area contributed by atoms with E-state index in [0.717, 1.165) is 24.2 Å². The average Bonchev–Trinajstić information content (AvgIpc) is 2.93. The fourth-order valence-corrected chi connectivity index (χ4v) is 4.68. The number of carbonyl (C=O) groups excluding carboxylic acids is 1. The molecule has 1 N–H and O–H groups in total. The molecule has 4 rings (SSSR count). The van der Waals surface area contributed by atoms with Crippen molar-refractivity contribution in [2.45, 2.75) is 44.2 Å². The number of carbonyl (C=O) groups is 1. The number of benzene rings is 1. The predicted octanol–water partition coefficient (Wildman–Crippen LogP) is 2.89. The Bertz CT molecular complexity index is 630. The van der Waals surface area contributed by atoms with E-state index in [2.05, 4.69) is 10.2 Å². The molecule has 5 heteroatoms. The highest BCUT2D eigenvalue weighted by Gasteiger charge is 2.48. The Hall–Kier alpha value is -1.62. The van der Waals surface area contributed by atoms with Crippen LogP contribution in [0.1, 0.15) is 43.7 Å². The summed E-state index contributed by atoms with van der Waals surface area (Å²) in [6.07, 6.45) is 5.87. The molecule has 0 radical (unpaired) electrons. The van der Waals surface area contributed by atoms with Crippen LogP contribution in [0.5, 0.6) is 5.75 Å². The fourth-order valence-electron chi connectivity index (χ4n) is 4.68. The van der Waals surface area contributed by atoms with Crippen molar-refractivity contribution < 1.29 is 13.9 Å². The molecule has 0 spiro atoms. The molecule has 1 aromatic rings. The number of rotatable bonds is 2. The summed E-state index contributed by atoms with van der Waals surface area (Å²) in [5.74, 6) is 0.648. The molecule has 4 nitrogen and oxygen atoms in total. The third-order valence-electron chi connectivity index (χ3n) is 5.89. The first-order valence-electron chi connectivity index (χ1n) is 9.06. The standard InChI is InChI=1S/C19H25FN2O2/c1-22-10-15(19(23)21-13-5-3-2-4-6-13)16-11-24-17-8-7-12(20)9-14(17)18(16)22/h7-9,13,15-16,18H,2-6,10-11H2,1H3,(H,21,23)/t15-,16+,18+/m1/s1. The van der Waals surface area contributed by atoms with Gasteiger partial charge in [-0.15, -0.1) is 0 Å². The van der Waals surface area contributed by atoms with Crippen LogP contribution in [0.15, 0.2) is 18.2 Å². The van der Waals surface area contributed by atoms with Gasteiger partial charge in [0.05, 0.1) is 12.5 Å². The van der Waals surface area contributed by atoms with E-state index in [1.54, 1.807) is 12.1 Å². The molecule has 1 aromatic carbocycles. The van der Waals surface area contributed by atoms with Crippen LogP contribution >= 0.6 is 0 Å². The second-order valence-corrected chi connectivity index (χ2v) is 7.49. The Labute approximate surface area is 142 Å². The SMILES string of the molecule is CN1C[C@@H](C(=O)NC2CCCCC2)[C@@H]2COc3ccc(F)cc3[C@@H]21. The van der Waals surface area contributed by atoms with Gasteiger partial charge in [0.1, 0.15) is 11.6 Å². The molecule has 3 aliphatic rings. The second kappa shape index (κ2) is 6.36. The van der Waals surface area contributed by atoms with Crippen LogP contribution < -0.4 is 10.1 Å².